The zero-order valence-electron chi connectivity index (χ0n) is 14.1. The van der Waals surface area contributed by atoms with E-state index < -0.39 is 5.97 Å². The van der Waals surface area contributed by atoms with Gasteiger partial charge in [-0.15, -0.1) is 0 Å². The number of esters is 1. The average molecular weight is 356 g/mol. The lowest BCUT2D eigenvalue weighted by Crippen LogP contribution is -2.15. The molecule has 1 N–H and O–H groups in total. The minimum absolute atomic E-state index is 0.0387. The lowest BCUT2D eigenvalue weighted by molar-refractivity contribution is -0.138. The van der Waals surface area contributed by atoms with Crippen LogP contribution < -0.4 is 15.0 Å². The van der Waals surface area contributed by atoms with Crippen molar-refractivity contribution in [1.29, 1.82) is 0 Å². The van der Waals surface area contributed by atoms with E-state index in [1.165, 1.54) is 13.2 Å². The fraction of sp³-hybridized carbons (Fsp3) is 0.158. The van der Waals surface area contributed by atoms with Crippen LogP contribution in [0.3, 0.4) is 0 Å². The van der Waals surface area contributed by atoms with Crippen molar-refractivity contribution in [3.8, 4) is 11.6 Å². The van der Waals surface area contributed by atoms with Crippen LogP contribution in [0.15, 0.2) is 54.6 Å². The molecule has 0 bridgehead atoms. The van der Waals surface area contributed by atoms with Gasteiger partial charge in [-0.3, -0.25) is 9.74 Å². The average Bonchev–Trinajstić information content (AvgIpc) is 2.70. The molecule has 0 aliphatic carbocycles. The van der Waals surface area contributed by atoms with Gasteiger partial charge in [0, 0.05) is 16.0 Å². The summed E-state index contributed by atoms with van der Waals surface area (Å²) in [6.07, 6.45) is 0. The second-order valence-electron chi connectivity index (χ2n) is 5.47. The first-order valence-corrected chi connectivity index (χ1v) is 7.90. The monoisotopic (exact) mass is 356 g/mol. The SMILES string of the molecule is COC(=O)CNc1cc2nc(OF)ccc2cc1OCc1ccccc1. The number of nitrogens with one attached hydrogen (secondary N) is 1. The molecule has 0 aliphatic heterocycles. The highest BCUT2D eigenvalue weighted by atomic mass is 19.3. The maximum absolute atomic E-state index is 12.4. The van der Waals surface area contributed by atoms with Crippen LogP contribution in [0.25, 0.3) is 10.9 Å². The van der Waals surface area contributed by atoms with Gasteiger partial charge in [0.05, 0.1) is 18.3 Å². The number of halogens is 1. The van der Waals surface area contributed by atoms with Gasteiger partial charge in [0.25, 0.3) is 5.88 Å². The van der Waals surface area contributed by atoms with Gasteiger partial charge < -0.3 is 14.8 Å². The van der Waals surface area contributed by atoms with Gasteiger partial charge in [-0.25, -0.2) is 4.98 Å². The quantitative estimate of drug-likeness (QED) is 0.652. The predicted octanol–water partition coefficient (Wildman–Crippen LogP) is 3.66. The smallest absolute Gasteiger partial charge is 0.325 e. The summed E-state index contributed by atoms with van der Waals surface area (Å²) in [6.45, 7) is 0.321. The van der Waals surface area contributed by atoms with Crippen molar-refractivity contribution in [2.24, 2.45) is 0 Å². The molecule has 2 aromatic carbocycles. The number of nitrogens with zero attached hydrogens (tertiary/aromatic N) is 1. The zero-order chi connectivity index (χ0) is 18.4. The van der Waals surface area contributed by atoms with Crippen molar-refractivity contribution < 1.29 is 23.7 Å². The van der Waals surface area contributed by atoms with Gasteiger partial charge in [0.1, 0.15) is 18.9 Å². The molecule has 3 aromatic rings. The summed E-state index contributed by atoms with van der Waals surface area (Å²) >= 11 is 0. The summed E-state index contributed by atoms with van der Waals surface area (Å²) < 4.78 is 22.9. The molecule has 7 heteroatoms. The van der Waals surface area contributed by atoms with E-state index in [1.807, 2.05) is 30.3 Å². The molecule has 0 saturated heterocycles. The molecule has 1 aromatic heterocycles. The fourth-order valence-corrected chi connectivity index (χ4v) is 2.41. The molecule has 0 saturated carbocycles. The Hall–Kier alpha value is -3.35. The Morgan fingerprint density at radius 3 is 2.69 bits per heavy atom. The number of fused-ring (bicyclic) bond motifs is 1. The second-order valence-corrected chi connectivity index (χ2v) is 5.47. The van der Waals surface area contributed by atoms with Crippen LogP contribution in [0.4, 0.5) is 10.2 Å². The molecule has 6 nitrogen and oxygen atoms in total. The number of carbonyl (C=O) groups excluding carboxylic acids is 1. The Labute approximate surface area is 149 Å². The Bertz CT molecular complexity index is 903. The van der Waals surface area contributed by atoms with Crippen LogP contribution in [0.2, 0.25) is 0 Å². The number of methoxy groups -OCH3 is 1. The van der Waals surface area contributed by atoms with Crippen LogP contribution >= 0.6 is 0 Å². The Morgan fingerprint density at radius 1 is 1.15 bits per heavy atom. The second kappa shape index (κ2) is 8.15. The van der Waals surface area contributed by atoms with Gasteiger partial charge in [-0.05, 0) is 23.8 Å². The largest absolute Gasteiger partial charge is 0.487 e. The van der Waals surface area contributed by atoms with E-state index >= 15 is 0 Å². The van der Waals surface area contributed by atoms with Gasteiger partial charge in [-0.2, -0.15) is 0 Å². The molecule has 0 aliphatic rings. The Morgan fingerprint density at radius 2 is 1.96 bits per heavy atom. The summed E-state index contributed by atoms with van der Waals surface area (Å²) in [6, 6.07) is 16.2. The summed E-state index contributed by atoms with van der Waals surface area (Å²) in [5.41, 5.74) is 2.05. The number of hydrogen-bond acceptors (Lipinski definition) is 6. The van der Waals surface area contributed by atoms with Gasteiger partial charge in [-0.1, -0.05) is 30.3 Å². The lowest BCUT2D eigenvalue weighted by Gasteiger charge is -2.14. The number of anilines is 1. The van der Waals surface area contributed by atoms with E-state index in [4.69, 9.17) is 4.74 Å². The van der Waals surface area contributed by atoms with Crippen LogP contribution in [-0.2, 0) is 16.1 Å². The number of ether oxygens (including phenoxy) is 2. The molecule has 134 valence electrons. The topological polar surface area (TPSA) is 69.7 Å². The molecule has 0 spiro atoms. The standard InChI is InChI=1S/C19H17FN2O4/c1-24-19(23)11-21-16-10-15-14(7-8-18(22-15)26-20)9-17(16)25-12-13-5-3-2-4-6-13/h2-10,21H,11-12H2,1H3. The molecule has 3 rings (SSSR count). The first-order valence-electron chi connectivity index (χ1n) is 7.90. The summed E-state index contributed by atoms with van der Waals surface area (Å²) in [7, 11) is 1.31. The highest BCUT2D eigenvalue weighted by Crippen LogP contribution is 2.31. The molecule has 0 atom stereocenters. The molecule has 1 heterocycles. The number of rotatable bonds is 7. The minimum Gasteiger partial charge on any atom is -0.487 e. The van der Waals surface area contributed by atoms with Crippen molar-refractivity contribution in [1.82, 2.24) is 4.98 Å². The van der Waals surface area contributed by atoms with E-state index in [2.05, 4.69) is 20.0 Å². The van der Waals surface area contributed by atoms with Crippen LogP contribution in [0, 0.1) is 0 Å². The Kier molecular flexibility index (Phi) is 5.48. The summed E-state index contributed by atoms with van der Waals surface area (Å²) in [5, 5.41) is 3.70. The number of carbonyl (C=O) groups is 1. The normalized spacial score (nSPS) is 10.4. The third kappa shape index (κ3) is 4.18. The third-order valence-corrected chi connectivity index (χ3v) is 3.73. The zero-order valence-corrected chi connectivity index (χ0v) is 14.1. The molecular formula is C19H17FN2O4. The lowest BCUT2D eigenvalue weighted by atomic mass is 10.1. The maximum atomic E-state index is 12.4. The molecule has 0 fully saturated rings. The number of pyridine rings is 1. The minimum atomic E-state index is -0.423. The van der Waals surface area contributed by atoms with Crippen molar-refractivity contribution in [2.45, 2.75) is 6.61 Å². The highest BCUT2D eigenvalue weighted by molar-refractivity contribution is 5.87. The fourth-order valence-electron chi connectivity index (χ4n) is 2.41. The predicted molar refractivity (Wildman–Crippen MR) is 94.8 cm³/mol. The van der Waals surface area contributed by atoms with Crippen LogP contribution in [-0.4, -0.2) is 24.6 Å². The number of aromatic nitrogens is 1. The van der Waals surface area contributed by atoms with E-state index in [0.717, 1.165) is 10.9 Å². The first kappa shape index (κ1) is 17.5. The van der Waals surface area contributed by atoms with E-state index in [-0.39, 0.29) is 12.4 Å². The van der Waals surface area contributed by atoms with Crippen LogP contribution in [0.1, 0.15) is 5.56 Å². The van der Waals surface area contributed by atoms with Gasteiger partial charge in [0.2, 0.25) is 0 Å². The van der Waals surface area contributed by atoms with E-state index in [1.54, 1.807) is 18.2 Å². The van der Waals surface area contributed by atoms with Crippen molar-refractivity contribution in [2.75, 3.05) is 19.0 Å². The molecule has 0 unspecified atom stereocenters. The molecule has 0 radical (unpaired) electrons. The number of hydrogen-bond donors (Lipinski definition) is 1. The molecule has 26 heavy (non-hydrogen) atoms. The van der Waals surface area contributed by atoms with Gasteiger partial charge in [0.15, 0.2) is 0 Å². The van der Waals surface area contributed by atoms with Crippen molar-refractivity contribution in [3.63, 3.8) is 0 Å². The van der Waals surface area contributed by atoms with E-state index in [0.29, 0.717) is 23.6 Å². The van der Waals surface area contributed by atoms with Gasteiger partial charge >= 0.3 is 5.97 Å². The number of benzene rings is 2. The maximum Gasteiger partial charge on any atom is 0.325 e. The van der Waals surface area contributed by atoms with Crippen LogP contribution in [0.5, 0.6) is 11.6 Å². The first-order chi connectivity index (χ1) is 12.7. The highest BCUT2D eigenvalue weighted by Gasteiger charge is 2.11. The summed E-state index contributed by atoms with van der Waals surface area (Å²) in [5.74, 6) is -0.0248. The Balaban J connectivity index is 1.90. The van der Waals surface area contributed by atoms with E-state index in [9.17, 15) is 9.32 Å². The third-order valence-electron chi connectivity index (χ3n) is 3.73. The molecular weight excluding hydrogens is 339 g/mol. The van der Waals surface area contributed by atoms with Crippen molar-refractivity contribution in [3.05, 3.63) is 60.2 Å². The van der Waals surface area contributed by atoms with Crippen molar-refractivity contribution >= 4 is 22.6 Å². The molecule has 0 amide bonds. The summed E-state index contributed by atoms with van der Waals surface area (Å²) in [4.78, 5) is 19.2.